The standard InChI is InChI=1S/C16H24N2O.C2H6/c1-16(17-2)11-7-6-10-14(16)15(19)18-12-13-8-4-3-5-9-13;1-2/h3-5,8-9,14,17H,6-7,10-12H2,1-2H3,(H,18,19);1-2H3. The Kier molecular flexibility index (Phi) is 7.44. The summed E-state index contributed by atoms with van der Waals surface area (Å²) >= 11 is 0. The maximum absolute atomic E-state index is 12.4. The third-order valence-corrected chi connectivity index (χ3v) is 4.41. The van der Waals surface area contributed by atoms with Gasteiger partial charge < -0.3 is 10.6 Å². The van der Waals surface area contributed by atoms with Gasteiger partial charge in [0.15, 0.2) is 0 Å². The van der Waals surface area contributed by atoms with Crippen molar-refractivity contribution < 1.29 is 4.79 Å². The highest BCUT2D eigenvalue weighted by atomic mass is 16.1. The molecule has 0 aliphatic heterocycles. The second kappa shape index (κ2) is 8.83. The highest BCUT2D eigenvalue weighted by Gasteiger charge is 2.39. The molecule has 0 aromatic heterocycles. The zero-order valence-electron chi connectivity index (χ0n) is 13.9. The van der Waals surface area contributed by atoms with Crippen molar-refractivity contribution in [1.82, 2.24) is 10.6 Å². The molecular formula is C18H30N2O. The van der Waals surface area contributed by atoms with Crippen LogP contribution in [0.15, 0.2) is 30.3 Å². The van der Waals surface area contributed by atoms with Gasteiger partial charge in [0.05, 0.1) is 5.92 Å². The Balaban J connectivity index is 0.00000106. The molecule has 1 amide bonds. The number of amides is 1. The Morgan fingerprint density at radius 1 is 1.24 bits per heavy atom. The Hall–Kier alpha value is -1.35. The molecule has 0 saturated heterocycles. The lowest BCUT2D eigenvalue weighted by molar-refractivity contribution is -0.128. The van der Waals surface area contributed by atoms with Crippen molar-refractivity contribution in [2.45, 2.75) is 58.5 Å². The van der Waals surface area contributed by atoms with Gasteiger partial charge in [-0.3, -0.25) is 4.79 Å². The summed E-state index contributed by atoms with van der Waals surface area (Å²) in [6.45, 7) is 6.79. The number of nitrogens with one attached hydrogen (secondary N) is 2. The predicted octanol–water partition coefficient (Wildman–Crippen LogP) is 3.50. The van der Waals surface area contributed by atoms with E-state index in [0.717, 1.165) is 24.8 Å². The van der Waals surface area contributed by atoms with Crippen LogP contribution in [0.1, 0.15) is 52.0 Å². The summed E-state index contributed by atoms with van der Waals surface area (Å²) in [7, 11) is 1.96. The molecule has 1 aromatic rings. The molecule has 2 atom stereocenters. The quantitative estimate of drug-likeness (QED) is 0.891. The lowest BCUT2D eigenvalue weighted by Gasteiger charge is -2.40. The molecule has 2 rings (SSSR count). The van der Waals surface area contributed by atoms with Gasteiger partial charge in [-0.05, 0) is 32.4 Å². The number of carbonyl (C=O) groups is 1. The molecule has 3 heteroatoms. The normalized spacial score (nSPS) is 24.7. The molecule has 0 radical (unpaired) electrons. The van der Waals surface area contributed by atoms with Crippen LogP contribution in [0.2, 0.25) is 0 Å². The molecule has 1 aliphatic rings. The first-order valence-corrected chi connectivity index (χ1v) is 8.16. The molecule has 1 fully saturated rings. The SMILES string of the molecule is CC.CNC1(C)CCCCC1C(=O)NCc1ccccc1. The molecule has 1 aromatic carbocycles. The minimum atomic E-state index is -0.0565. The fraction of sp³-hybridized carbons (Fsp3) is 0.611. The molecule has 1 aliphatic carbocycles. The van der Waals surface area contributed by atoms with Crippen molar-refractivity contribution in [2.24, 2.45) is 5.92 Å². The summed E-state index contributed by atoms with van der Waals surface area (Å²) in [5.74, 6) is 0.260. The highest BCUT2D eigenvalue weighted by Crippen LogP contribution is 2.33. The van der Waals surface area contributed by atoms with Crippen molar-refractivity contribution in [3.05, 3.63) is 35.9 Å². The average molecular weight is 290 g/mol. The van der Waals surface area contributed by atoms with Crippen LogP contribution in [-0.2, 0) is 11.3 Å². The van der Waals surface area contributed by atoms with E-state index in [9.17, 15) is 4.79 Å². The van der Waals surface area contributed by atoms with Crippen molar-refractivity contribution >= 4 is 5.91 Å². The van der Waals surface area contributed by atoms with Crippen LogP contribution in [0.4, 0.5) is 0 Å². The van der Waals surface area contributed by atoms with Gasteiger partial charge in [0, 0.05) is 12.1 Å². The minimum Gasteiger partial charge on any atom is -0.352 e. The number of carbonyl (C=O) groups excluding carboxylic acids is 1. The van der Waals surface area contributed by atoms with Crippen molar-refractivity contribution in [3.63, 3.8) is 0 Å². The molecule has 0 heterocycles. The van der Waals surface area contributed by atoms with E-state index in [4.69, 9.17) is 0 Å². The first kappa shape index (κ1) is 17.7. The van der Waals surface area contributed by atoms with Crippen LogP contribution < -0.4 is 10.6 Å². The van der Waals surface area contributed by atoms with Crippen LogP contribution in [0.5, 0.6) is 0 Å². The van der Waals surface area contributed by atoms with E-state index < -0.39 is 0 Å². The fourth-order valence-corrected chi connectivity index (χ4v) is 2.96. The molecule has 0 spiro atoms. The predicted molar refractivity (Wildman–Crippen MR) is 89.1 cm³/mol. The summed E-state index contributed by atoms with van der Waals surface area (Å²) in [5, 5.41) is 6.43. The van der Waals surface area contributed by atoms with Crippen molar-refractivity contribution in [1.29, 1.82) is 0 Å². The molecule has 3 nitrogen and oxygen atoms in total. The zero-order chi connectivity index (χ0) is 15.7. The molecule has 1 saturated carbocycles. The van der Waals surface area contributed by atoms with Gasteiger partial charge in [0.25, 0.3) is 0 Å². The maximum Gasteiger partial charge on any atom is 0.225 e. The van der Waals surface area contributed by atoms with E-state index >= 15 is 0 Å². The van der Waals surface area contributed by atoms with Crippen LogP contribution in [-0.4, -0.2) is 18.5 Å². The molecule has 0 bridgehead atoms. The summed E-state index contributed by atoms with van der Waals surface area (Å²) in [5.41, 5.74) is 1.09. The van der Waals surface area contributed by atoms with Crippen LogP contribution in [0.25, 0.3) is 0 Å². The van der Waals surface area contributed by atoms with Crippen molar-refractivity contribution in [2.75, 3.05) is 7.05 Å². The largest absolute Gasteiger partial charge is 0.352 e. The van der Waals surface area contributed by atoms with E-state index in [2.05, 4.69) is 17.6 Å². The van der Waals surface area contributed by atoms with Gasteiger partial charge in [0.1, 0.15) is 0 Å². The monoisotopic (exact) mass is 290 g/mol. The van der Waals surface area contributed by atoms with Crippen LogP contribution in [0.3, 0.4) is 0 Å². The minimum absolute atomic E-state index is 0.0565. The lowest BCUT2D eigenvalue weighted by Crippen LogP contribution is -2.54. The van der Waals surface area contributed by atoms with E-state index in [1.165, 1.54) is 6.42 Å². The van der Waals surface area contributed by atoms with Gasteiger partial charge in [0.2, 0.25) is 5.91 Å². The second-order valence-corrected chi connectivity index (χ2v) is 5.67. The van der Waals surface area contributed by atoms with Gasteiger partial charge >= 0.3 is 0 Å². The first-order valence-electron chi connectivity index (χ1n) is 8.16. The van der Waals surface area contributed by atoms with Crippen LogP contribution >= 0.6 is 0 Å². The van der Waals surface area contributed by atoms with E-state index in [-0.39, 0.29) is 17.4 Å². The third kappa shape index (κ3) is 4.85. The Bertz CT molecular complexity index is 418. The van der Waals surface area contributed by atoms with Gasteiger partial charge in [-0.2, -0.15) is 0 Å². The Labute approximate surface area is 129 Å². The highest BCUT2D eigenvalue weighted by molar-refractivity contribution is 5.80. The van der Waals surface area contributed by atoms with Crippen molar-refractivity contribution in [3.8, 4) is 0 Å². The average Bonchev–Trinajstić information content (AvgIpc) is 2.56. The topological polar surface area (TPSA) is 41.1 Å². The lowest BCUT2D eigenvalue weighted by atomic mass is 9.73. The zero-order valence-corrected chi connectivity index (χ0v) is 13.9. The second-order valence-electron chi connectivity index (χ2n) is 5.67. The van der Waals surface area contributed by atoms with E-state index in [0.29, 0.717) is 6.54 Å². The summed E-state index contributed by atoms with van der Waals surface area (Å²) in [6.07, 6.45) is 4.42. The number of hydrogen-bond acceptors (Lipinski definition) is 2. The Morgan fingerprint density at radius 3 is 2.52 bits per heavy atom. The molecule has 21 heavy (non-hydrogen) atoms. The smallest absolute Gasteiger partial charge is 0.225 e. The maximum atomic E-state index is 12.4. The molecule has 2 N–H and O–H groups in total. The first-order chi connectivity index (χ1) is 10.2. The summed E-state index contributed by atoms with van der Waals surface area (Å²) < 4.78 is 0. The summed E-state index contributed by atoms with van der Waals surface area (Å²) in [6, 6.07) is 10.1. The number of rotatable bonds is 4. The third-order valence-electron chi connectivity index (χ3n) is 4.41. The molecule has 118 valence electrons. The fourth-order valence-electron chi connectivity index (χ4n) is 2.96. The molecule has 2 unspecified atom stereocenters. The van der Waals surface area contributed by atoms with Crippen LogP contribution in [0, 0.1) is 5.92 Å². The van der Waals surface area contributed by atoms with Gasteiger partial charge in [-0.25, -0.2) is 0 Å². The number of hydrogen-bond donors (Lipinski definition) is 2. The van der Waals surface area contributed by atoms with Gasteiger partial charge in [-0.1, -0.05) is 57.0 Å². The number of benzene rings is 1. The van der Waals surface area contributed by atoms with E-state index in [1.54, 1.807) is 0 Å². The van der Waals surface area contributed by atoms with E-state index in [1.807, 2.05) is 51.2 Å². The summed E-state index contributed by atoms with van der Waals surface area (Å²) in [4.78, 5) is 12.4. The molecular weight excluding hydrogens is 260 g/mol. The van der Waals surface area contributed by atoms with Gasteiger partial charge in [-0.15, -0.1) is 0 Å². The Morgan fingerprint density at radius 2 is 1.90 bits per heavy atom.